The molecule has 3 aliphatic rings. The lowest BCUT2D eigenvalue weighted by Gasteiger charge is -2.45. The van der Waals surface area contributed by atoms with Gasteiger partial charge >= 0.3 is 0 Å². The summed E-state index contributed by atoms with van der Waals surface area (Å²) in [5, 5.41) is 0.941. The fraction of sp³-hybridized carbons (Fsp3) is 0.200. The molecular weight excluding hydrogens is 456 g/mol. The lowest BCUT2D eigenvalue weighted by molar-refractivity contribution is 0.472. The highest BCUT2D eigenvalue weighted by Gasteiger charge is 2.48. The summed E-state index contributed by atoms with van der Waals surface area (Å²) in [6, 6.07) is 31.5. The van der Waals surface area contributed by atoms with E-state index < -0.39 is 0 Å². The Hall–Kier alpha value is -3.35. The van der Waals surface area contributed by atoms with Gasteiger partial charge < -0.3 is 0 Å². The molecule has 0 aliphatic heterocycles. The van der Waals surface area contributed by atoms with Gasteiger partial charge in [0.2, 0.25) is 0 Å². The molecule has 3 aromatic rings. The summed E-state index contributed by atoms with van der Waals surface area (Å²) in [6.07, 6.45) is 18.6. The molecule has 0 bridgehead atoms. The second kappa shape index (κ2) is 9.96. The van der Waals surface area contributed by atoms with Gasteiger partial charge in [-0.3, -0.25) is 0 Å². The zero-order valence-corrected chi connectivity index (χ0v) is 21.3. The first-order valence-electron chi connectivity index (χ1n) is 13.1. The van der Waals surface area contributed by atoms with Gasteiger partial charge in [-0.05, 0) is 71.1 Å². The van der Waals surface area contributed by atoms with E-state index in [9.17, 15) is 0 Å². The average Bonchev–Trinajstić information content (AvgIpc) is 3.40. The molecule has 0 heterocycles. The van der Waals surface area contributed by atoms with Crippen LogP contribution in [0.15, 0.2) is 143 Å². The van der Waals surface area contributed by atoms with E-state index in [0.717, 1.165) is 37.1 Å². The molecule has 1 atom stereocenters. The lowest BCUT2D eigenvalue weighted by Crippen LogP contribution is -2.38. The van der Waals surface area contributed by atoms with Crippen molar-refractivity contribution in [1.29, 1.82) is 0 Å². The first kappa shape index (κ1) is 23.1. The van der Waals surface area contributed by atoms with Gasteiger partial charge in [-0.2, -0.15) is 0 Å². The van der Waals surface area contributed by atoms with Crippen LogP contribution >= 0.6 is 11.6 Å². The van der Waals surface area contributed by atoms with Crippen molar-refractivity contribution in [2.75, 3.05) is 0 Å². The van der Waals surface area contributed by atoms with E-state index in [2.05, 4.69) is 121 Å². The predicted molar refractivity (Wildman–Crippen MR) is 152 cm³/mol. The molecule has 0 saturated heterocycles. The summed E-state index contributed by atoms with van der Waals surface area (Å²) in [7, 11) is 0. The van der Waals surface area contributed by atoms with Crippen molar-refractivity contribution in [3.8, 4) is 0 Å². The molecule has 0 N–H and O–H groups in total. The summed E-state index contributed by atoms with van der Waals surface area (Å²) in [6.45, 7) is 0. The Labute approximate surface area is 220 Å². The maximum absolute atomic E-state index is 6.81. The Morgan fingerprint density at radius 2 is 1.33 bits per heavy atom. The number of halogens is 1. The molecule has 0 amide bonds. The van der Waals surface area contributed by atoms with Crippen molar-refractivity contribution in [2.45, 2.75) is 43.4 Å². The van der Waals surface area contributed by atoms with Crippen LogP contribution in [0, 0.1) is 0 Å². The third-order valence-corrected chi connectivity index (χ3v) is 8.52. The molecule has 3 aromatic carbocycles. The molecule has 0 aromatic heterocycles. The fourth-order valence-corrected chi connectivity index (χ4v) is 6.94. The minimum atomic E-state index is -0.334. The van der Waals surface area contributed by atoms with Crippen molar-refractivity contribution in [2.24, 2.45) is 0 Å². The second-order valence-corrected chi connectivity index (χ2v) is 10.4. The van der Waals surface area contributed by atoms with Gasteiger partial charge in [-0.15, -0.1) is 0 Å². The van der Waals surface area contributed by atoms with Crippen molar-refractivity contribution < 1.29 is 0 Å². The third kappa shape index (κ3) is 3.85. The summed E-state index contributed by atoms with van der Waals surface area (Å²) >= 11 is 6.81. The topological polar surface area (TPSA) is 0 Å². The number of benzene rings is 3. The molecule has 178 valence electrons. The van der Waals surface area contributed by atoms with Crippen LogP contribution in [0.3, 0.4) is 0 Å². The molecule has 0 radical (unpaired) electrons. The molecule has 1 unspecified atom stereocenters. The minimum absolute atomic E-state index is 0.234. The third-order valence-electron chi connectivity index (χ3n) is 8.14. The fourth-order valence-electron chi connectivity index (χ4n) is 6.64. The van der Waals surface area contributed by atoms with Gasteiger partial charge in [0.25, 0.3) is 0 Å². The van der Waals surface area contributed by atoms with E-state index in [0.29, 0.717) is 0 Å². The van der Waals surface area contributed by atoms with Crippen LogP contribution in [0.2, 0.25) is 0 Å². The minimum Gasteiger partial charge on any atom is -0.0844 e. The zero-order valence-electron chi connectivity index (χ0n) is 20.5. The van der Waals surface area contributed by atoms with Gasteiger partial charge in [0.15, 0.2) is 0 Å². The van der Waals surface area contributed by atoms with Crippen molar-refractivity contribution in [3.05, 3.63) is 165 Å². The highest BCUT2D eigenvalue weighted by molar-refractivity contribution is 6.32. The van der Waals surface area contributed by atoms with Crippen molar-refractivity contribution >= 4 is 11.6 Å². The molecule has 0 fully saturated rings. The number of hydrogen-bond donors (Lipinski definition) is 0. The van der Waals surface area contributed by atoms with Gasteiger partial charge in [0.1, 0.15) is 0 Å². The van der Waals surface area contributed by atoms with E-state index in [1.54, 1.807) is 0 Å². The Morgan fingerprint density at radius 3 is 2.08 bits per heavy atom. The second-order valence-electron chi connectivity index (χ2n) is 9.96. The molecule has 3 aliphatic carbocycles. The highest BCUT2D eigenvalue weighted by Crippen LogP contribution is 2.58. The number of hydrogen-bond acceptors (Lipinski definition) is 0. The van der Waals surface area contributed by atoms with Gasteiger partial charge in [-0.25, -0.2) is 0 Å². The monoisotopic (exact) mass is 486 g/mol. The number of allylic oxidation sites excluding steroid dienone is 10. The molecule has 6 rings (SSSR count). The van der Waals surface area contributed by atoms with Crippen LogP contribution in [0.4, 0.5) is 0 Å². The quantitative estimate of drug-likeness (QED) is 0.344. The van der Waals surface area contributed by atoms with Crippen LogP contribution in [0.5, 0.6) is 0 Å². The number of rotatable bonds is 4. The smallest absolute Gasteiger partial charge is 0.0522 e. The van der Waals surface area contributed by atoms with Crippen LogP contribution in [0.25, 0.3) is 0 Å². The largest absolute Gasteiger partial charge is 0.0844 e. The molecule has 36 heavy (non-hydrogen) atoms. The standard InChI is InChI=1S/C35H31Cl/c36-34-23-13-21-30-31(34)24-25-33(30)35(27-16-6-3-7-17-27,28-18-8-4-9-19-28)32-22-10-2-1-5-14-26-15-11-12-20-29(26)32/h1-12,15-20,23,25,32H,13-14,21-22,24H2/b5-1-,10-2-. The van der Waals surface area contributed by atoms with Gasteiger partial charge in [0, 0.05) is 11.0 Å². The predicted octanol–water partition coefficient (Wildman–Crippen LogP) is 9.36. The van der Waals surface area contributed by atoms with Crippen molar-refractivity contribution in [3.63, 3.8) is 0 Å². The van der Waals surface area contributed by atoms with Crippen LogP contribution in [-0.2, 0) is 11.8 Å². The van der Waals surface area contributed by atoms with E-state index >= 15 is 0 Å². The Kier molecular flexibility index (Phi) is 6.38. The van der Waals surface area contributed by atoms with Gasteiger partial charge in [0.05, 0.1) is 5.41 Å². The maximum atomic E-state index is 6.81. The summed E-state index contributed by atoms with van der Waals surface area (Å²) in [5.74, 6) is 0.234. The Balaban J connectivity index is 1.71. The van der Waals surface area contributed by atoms with E-state index in [-0.39, 0.29) is 11.3 Å². The summed E-state index contributed by atoms with van der Waals surface area (Å²) in [5.41, 5.74) is 9.43. The molecule has 0 nitrogen and oxygen atoms in total. The highest BCUT2D eigenvalue weighted by atomic mass is 35.5. The zero-order chi connectivity index (χ0) is 24.4. The van der Waals surface area contributed by atoms with Crippen molar-refractivity contribution in [1.82, 2.24) is 0 Å². The van der Waals surface area contributed by atoms with E-state index in [1.807, 2.05) is 0 Å². The van der Waals surface area contributed by atoms with E-state index in [1.165, 1.54) is 39.0 Å². The molecule has 0 saturated carbocycles. The SMILES string of the molecule is ClC1=CCCC2=C1CC=C2C(c1ccccc1)(c1ccccc1)C1C/C=C\C=C/Cc2ccccc21. The van der Waals surface area contributed by atoms with Crippen LogP contribution in [0.1, 0.15) is 53.9 Å². The van der Waals surface area contributed by atoms with E-state index in [4.69, 9.17) is 11.6 Å². The Morgan fingerprint density at radius 1 is 0.667 bits per heavy atom. The normalized spacial score (nSPS) is 21.3. The molecule has 1 heteroatoms. The van der Waals surface area contributed by atoms with Crippen LogP contribution in [-0.4, -0.2) is 0 Å². The average molecular weight is 487 g/mol. The number of fused-ring (bicyclic) bond motifs is 1. The molecular formula is C35H31Cl. The maximum Gasteiger partial charge on any atom is 0.0522 e. The Bertz CT molecular complexity index is 1360. The summed E-state index contributed by atoms with van der Waals surface area (Å²) < 4.78 is 0. The molecule has 0 spiro atoms. The lowest BCUT2D eigenvalue weighted by atomic mass is 9.57. The first-order valence-corrected chi connectivity index (χ1v) is 13.5. The van der Waals surface area contributed by atoms with Crippen LogP contribution < -0.4 is 0 Å². The summed E-state index contributed by atoms with van der Waals surface area (Å²) in [4.78, 5) is 0. The van der Waals surface area contributed by atoms with Gasteiger partial charge in [-0.1, -0.05) is 133 Å². The first-order chi connectivity index (χ1) is 17.8.